The van der Waals surface area contributed by atoms with Crippen LogP contribution in [0.5, 0.6) is 0 Å². The average Bonchev–Trinajstić information content (AvgIpc) is 2.74. The molecular formula is C23H30N2O3. The molecule has 1 saturated carbocycles. The lowest BCUT2D eigenvalue weighted by Crippen LogP contribution is -2.44. The minimum Gasteiger partial charge on any atom is -0.466 e. The van der Waals surface area contributed by atoms with Gasteiger partial charge in [0.2, 0.25) is 0 Å². The van der Waals surface area contributed by atoms with Crippen LogP contribution in [0.25, 0.3) is 4.85 Å². The van der Waals surface area contributed by atoms with Gasteiger partial charge in [-0.15, -0.1) is 0 Å². The summed E-state index contributed by atoms with van der Waals surface area (Å²) in [6.07, 6.45) is 8.43. The van der Waals surface area contributed by atoms with E-state index < -0.39 is 0 Å². The van der Waals surface area contributed by atoms with Crippen LogP contribution in [0.1, 0.15) is 68.6 Å². The predicted molar refractivity (Wildman–Crippen MR) is 108 cm³/mol. The lowest BCUT2D eigenvalue weighted by molar-refractivity contribution is -0.143. The molecule has 150 valence electrons. The molecule has 2 aliphatic rings. The summed E-state index contributed by atoms with van der Waals surface area (Å²) >= 11 is 0. The summed E-state index contributed by atoms with van der Waals surface area (Å²) in [5.41, 5.74) is 1.62. The maximum absolute atomic E-state index is 12.7. The minimum atomic E-state index is -0.0703. The summed E-state index contributed by atoms with van der Waals surface area (Å²) < 4.78 is 5.04. The van der Waals surface area contributed by atoms with Crippen LogP contribution in [0, 0.1) is 17.9 Å². The number of amides is 1. The second kappa shape index (κ2) is 9.23. The van der Waals surface area contributed by atoms with Crippen LogP contribution in [-0.2, 0) is 9.53 Å². The van der Waals surface area contributed by atoms with E-state index in [2.05, 4.69) is 4.85 Å². The Morgan fingerprint density at radius 3 is 2.36 bits per heavy atom. The van der Waals surface area contributed by atoms with Crippen LogP contribution < -0.4 is 0 Å². The van der Waals surface area contributed by atoms with Gasteiger partial charge < -0.3 is 9.64 Å². The Hall–Kier alpha value is -2.35. The molecule has 3 rings (SSSR count). The van der Waals surface area contributed by atoms with E-state index in [4.69, 9.17) is 11.3 Å². The van der Waals surface area contributed by atoms with Crippen LogP contribution in [0.2, 0.25) is 0 Å². The number of carbonyl (C=O) groups excluding carboxylic acids is 2. The Bertz CT molecular complexity index is 717. The first-order valence-corrected chi connectivity index (χ1v) is 10.5. The third-order valence-corrected chi connectivity index (χ3v) is 6.58. The molecule has 0 atom stereocenters. The number of hydrogen-bond donors (Lipinski definition) is 0. The number of nitrogens with zero attached hydrogens (tertiary/aromatic N) is 2. The minimum absolute atomic E-state index is 0.0703. The molecule has 1 spiro atoms. The van der Waals surface area contributed by atoms with Crippen molar-refractivity contribution in [2.75, 3.05) is 19.7 Å². The van der Waals surface area contributed by atoms with Crippen molar-refractivity contribution in [3.05, 3.63) is 41.2 Å². The highest BCUT2D eigenvalue weighted by atomic mass is 16.5. The van der Waals surface area contributed by atoms with Crippen molar-refractivity contribution in [3.63, 3.8) is 0 Å². The fraction of sp³-hybridized carbons (Fsp3) is 0.609. The highest BCUT2D eigenvalue weighted by Gasteiger charge is 2.39. The molecule has 0 bridgehead atoms. The highest BCUT2D eigenvalue weighted by Crippen LogP contribution is 2.47. The summed E-state index contributed by atoms with van der Waals surface area (Å²) in [6, 6.07) is 6.94. The summed E-state index contributed by atoms with van der Waals surface area (Å²) in [4.78, 5) is 29.6. The SMILES string of the molecule is [C-]#[N+]c1ccc(C(=O)N2CCC3(CCC(CCC(=O)OCC)CC3)CC2)cc1. The Balaban J connectivity index is 1.45. The maximum Gasteiger partial charge on any atom is 0.305 e. The van der Waals surface area contributed by atoms with Crippen molar-refractivity contribution in [1.82, 2.24) is 4.90 Å². The normalized spacial score (nSPS) is 19.2. The maximum atomic E-state index is 12.7. The molecule has 1 aliphatic carbocycles. The molecule has 1 aromatic carbocycles. The number of hydrogen-bond acceptors (Lipinski definition) is 3. The lowest BCUT2D eigenvalue weighted by atomic mass is 9.65. The molecule has 5 heteroatoms. The van der Waals surface area contributed by atoms with Gasteiger partial charge in [0, 0.05) is 25.1 Å². The highest BCUT2D eigenvalue weighted by molar-refractivity contribution is 5.94. The molecule has 28 heavy (non-hydrogen) atoms. The van der Waals surface area contributed by atoms with Crippen molar-refractivity contribution >= 4 is 17.6 Å². The van der Waals surface area contributed by atoms with Crippen LogP contribution >= 0.6 is 0 Å². The topological polar surface area (TPSA) is 51.0 Å². The predicted octanol–water partition coefficient (Wildman–Crippen LogP) is 4.99. The first-order chi connectivity index (χ1) is 13.5. The molecule has 1 saturated heterocycles. The van der Waals surface area contributed by atoms with E-state index in [1.807, 2.05) is 11.8 Å². The fourth-order valence-electron chi connectivity index (χ4n) is 4.68. The molecule has 0 unspecified atom stereocenters. The van der Waals surface area contributed by atoms with Gasteiger partial charge in [-0.2, -0.15) is 0 Å². The summed E-state index contributed by atoms with van der Waals surface area (Å²) in [7, 11) is 0. The molecule has 0 radical (unpaired) electrons. The van der Waals surface area contributed by atoms with Crippen molar-refractivity contribution in [2.24, 2.45) is 11.3 Å². The van der Waals surface area contributed by atoms with E-state index in [0.717, 1.165) is 32.4 Å². The van der Waals surface area contributed by atoms with Gasteiger partial charge in [0.1, 0.15) is 0 Å². The van der Waals surface area contributed by atoms with Gasteiger partial charge in [-0.05, 0) is 63.2 Å². The van der Waals surface area contributed by atoms with Crippen molar-refractivity contribution in [3.8, 4) is 0 Å². The molecule has 2 fully saturated rings. The molecule has 1 heterocycles. The third kappa shape index (κ3) is 4.92. The number of carbonyl (C=O) groups is 2. The van der Waals surface area contributed by atoms with Gasteiger partial charge in [0.25, 0.3) is 5.91 Å². The van der Waals surface area contributed by atoms with E-state index in [1.54, 1.807) is 24.3 Å². The molecule has 5 nitrogen and oxygen atoms in total. The second-order valence-electron chi connectivity index (χ2n) is 8.24. The van der Waals surface area contributed by atoms with Crippen LogP contribution in [0.4, 0.5) is 5.69 Å². The zero-order valence-electron chi connectivity index (χ0n) is 16.8. The Morgan fingerprint density at radius 2 is 1.79 bits per heavy atom. The molecule has 0 aromatic heterocycles. The first kappa shape index (κ1) is 20.4. The van der Waals surface area contributed by atoms with E-state index in [-0.39, 0.29) is 11.9 Å². The zero-order valence-corrected chi connectivity index (χ0v) is 16.8. The number of esters is 1. The van der Waals surface area contributed by atoms with Gasteiger partial charge in [-0.1, -0.05) is 24.3 Å². The molecule has 0 N–H and O–H groups in total. The van der Waals surface area contributed by atoms with Crippen LogP contribution in [-0.4, -0.2) is 36.5 Å². The average molecular weight is 383 g/mol. The van der Waals surface area contributed by atoms with Gasteiger partial charge in [0.05, 0.1) is 13.2 Å². The second-order valence-corrected chi connectivity index (χ2v) is 8.24. The lowest BCUT2D eigenvalue weighted by Gasteiger charge is -2.46. The quantitative estimate of drug-likeness (QED) is 0.532. The summed E-state index contributed by atoms with van der Waals surface area (Å²) in [6.45, 7) is 11.0. The van der Waals surface area contributed by atoms with E-state index in [0.29, 0.717) is 35.6 Å². The number of likely N-dealkylation sites (tertiary alicyclic amines) is 1. The smallest absolute Gasteiger partial charge is 0.305 e. The molecular weight excluding hydrogens is 352 g/mol. The van der Waals surface area contributed by atoms with Crippen molar-refractivity contribution in [2.45, 2.75) is 58.3 Å². The molecule has 1 aromatic rings. The van der Waals surface area contributed by atoms with Gasteiger partial charge >= 0.3 is 5.97 Å². The van der Waals surface area contributed by atoms with Crippen LogP contribution in [0.15, 0.2) is 24.3 Å². The monoisotopic (exact) mass is 382 g/mol. The largest absolute Gasteiger partial charge is 0.466 e. The Kier molecular flexibility index (Phi) is 6.72. The summed E-state index contributed by atoms with van der Waals surface area (Å²) in [5.74, 6) is 0.643. The standard InChI is InChI=1S/C23H30N2O3/c1-3-28-21(26)9-4-18-10-12-23(13-11-18)14-16-25(17-15-23)22(27)19-5-7-20(24-2)8-6-19/h5-8,18H,3-4,9-17H2,1H3. The number of rotatable bonds is 5. The third-order valence-electron chi connectivity index (χ3n) is 6.58. The number of benzene rings is 1. The van der Waals surface area contributed by atoms with E-state index in [1.165, 1.54) is 25.7 Å². The van der Waals surface area contributed by atoms with E-state index in [9.17, 15) is 9.59 Å². The zero-order chi connectivity index (χ0) is 20.0. The Labute approximate surface area is 167 Å². The summed E-state index contributed by atoms with van der Waals surface area (Å²) in [5, 5.41) is 0. The number of ether oxygens (including phenoxy) is 1. The molecule has 1 amide bonds. The van der Waals surface area contributed by atoms with Crippen LogP contribution in [0.3, 0.4) is 0 Å². The Morgan fingerprint density at radius 1 is 1.14 bits per heavy atom. The van der Waals surface area contributed by atoms with Gasteiger partial charge in [0.15, 0.2) is 5.69 Å². The van der Waals surface area contributed by atoms with Gasteiger partial charge in [-0.3, -0.25) is 9.59 Å². The van der Waals surface area contributed by atoms with Gasteiger partial charge in [-0.25, -0.2) is 4.85 Å². The first-order valence-electron chi connectivity index (χ1n) is 10.5. The molecule has 1 aliphatic heterocycles. The fourth-order valence-corrected chi connectivity index (χ4v) is 4.68. The number of piperidine rings is 1. The van der Waals surface area contributed by atoms with E-state index >= 15 is 0 Å². The van der Waals surface area contributed by atoms with Crippen molar-refractivity contribution in [1.29, 1.82) is 0 Å². The van der Waals surface area contributed by atoms with Crippen molar-refractivity contribution < 1.29 is 14.3 Å².